The second kappa shape index (κ2) is 8.94. The summed E-state index contributed by atoms with van der Waals surface area (Å²) in [5.74, 6) is 1.48. The zero-order valence-electron chi connectivity index (χ0n) is 14.6. The number of oxazole rings is 1. The van der Waals surface area contributed by atoms with E-state index >= 15 is 0 Å². The molecule has 0 bridgehead atoms. The fourth-order valence-electron chi connectivity index (χ4n) is 2.60. The Kier molecular flexibility index (Phi) is 6.64. The molecule has 6 heteroatoms. The zero-order valence-corrected chi connectivity index (χ0v) is 14.6. The van der Waals surface area contributed by atoms with Crippen molar-refractivity contribution >= 4 is 5.88 Å². The highest BCUT2D eigenvalue weighted by Crippen LogP contribution is 2.31. The van der Waals surface area contributed by atoms with E-state index in [2.05, 4.69) is 30.2 Å². The van der Waals surface area contributed by atoms with Crippen molar-refractivity contribution in [2.75, 3.05) is 38.6 Å². The first-order chi connectivity index (χ1) is 11.7. The first-order valence-electron chi connectivity index (χ1n) is 8.35. The summed E-state index contributed by atoms with van der Waals surface area (Å²) in [4.78, 5) is 5.84. The van der Waals surface area contributed by atoms with Crippen LogP contribution in [0.3, 0.4) is 0 Å². The predicted octanol–water partition coefficient (Wildman–Crippen LogP) is 1.95. The largest absolute Gasteiger partial charge is 0.496 e. The molecule has 0 saturated heterocycles. The normalized spacial score (nSPS) is 10.6. The molecule has 2 N–H and O–H groups in total. The number of hydrogen-bond donors (Lipinski definition) is 2. The number of hydrogen-bond acceptors (Lipinski definition) is 5. The van der Waals surface area contributed by atoms with Crippen molar-refractivity contribution < 1.29 is 14.1 Å². The number of ether oxygens (including phenoxy) is 1. The smallest absolute Gasteiger partial charge is 0.233 e. The Labute approximate surface area is 143 Å². The van der Waals surface area contributed by atoms with Crippen molar-refractivity contribution in [1.29, 1.82) is 5.26 Å². The molecular formula is C18H25N4O2+. The second-order valence-electron chi connectivity index (χ2n) is 5.50. The van der Waals surface area contributed by atoms with Crippen molar-refractivity contribution in [3.05, 3.63) is 30.0 Å². The molecule has 0 aliphatic rings. The molecule has 1 aromatic heterocycles. The second-order valence-corrected chi connectivity index (χ2v) is 5.50. The van der Waals surface area contributed by atoms with Gasteiger partial charge in [-0.05, 0) is 26.0 Å². The number of aromatic nitrogens is 1. The molecule has 0 saturated carbocycles. The van der Waals surface area contributed by atoms with Crippen LogP contribution in [0.1, 0.15) is 26.0 Å². The molecule has 0 atom stereocenters. The van der Waals surface area contributed by atoms with Gasteiger partial charge in [-0.15, -0.1) is 0 Å². The van der Waals surface area contributed by atoms with E-state index < -0.39 is 0 Å². The van der Waals surface area contributed by atoms with Crippen molar-refractivity contribution in [2.45, 2.75) is 20.3 Å². The van der Waals surface area contributed by atoms with Crippen molar-refractivity contribution in [2.24, 2.45) is 0 Å². The third-order valence-electron chi connectivity index (χ3n) is 4.06. The lowest BCUT2D eigenvalue weighted by atomic mass is 10.2. The molecule has 1 heterocycles. The number of methoxy groups -OCH3 is 1. The van der Waals surface area contributed by atoms with Crippen molar-refractivity contribution in [1.82, 2.24) is 4.98 Å². The van der Waals surface area contributed by atoms with Gasteiger partial charge < -0.3 is 19.4 Å². The predicted molar refractivity (Wildman–Crippen MR) is 93.2 cm³/mol. The lowest BCUT2D eigenvalue weighted by Gasteiger charge is -2.14. The highest BCUT2D eigenvalue weighted by molar-refractivity contribution is 5.65. The highest BCUT2D eigenvalue weighted by atomic mass is 16.5. The minimum Gasteiger partial charge on any atom is -0.496 e. The minimum atomic E-state index is 0.270. The molecule has 2 aromatic rings. The van der Waals surface area contributed by atoms with Gasteiger partial charge in [0, 0.05) is 13.0 Å². The van der Waals surface area contributed by atoms with Gasteiger partial charge in [0.05, 0.1) is 32.3 Å². The van der Waals surface area contributed by atoms with Crippen LogP contribution in [0.4, 0.5) is 5.88 Å². The van der Waals surface area contributed by atoms with Crippen LogP contribution in [0.2, 0.25) is 0 Å². The molecule has 0 spiro atoms. The summed E-state index contributed by atoms with van der Waals surface area (Å²) in [6, 6.07) is 9.54. The third kappa shape index (κ3) is 4.27. The SMILES string of the molecule is CC[NH+](CC)CCCNc1oc(-c2ccccc2OC)nc1C#N. The van der Waals surface area contributed by atoms with Crippen molar-refractivity contribution in [3.8, 4) is 23.3 Å². The Hall–Kier alpha value is -2.52. The Balaban J connectivity index is 2.07. The number of nitrogens with zero attached hydrogens (tertiary/aromatic N) is 2. The van der Waals surface area contributed by atoms with Gasteiger partial charge in [-0.2, -0.15) is 10.2 Å². The minimum absolute atomic E-state index is 0.270. The van der Waals surface area contributed by atoms with Crippen molar-refractivity contribution in [3.63, 3.8) is 0 Å². The lowest BCUT2D eigenvalue weighted by Crippen LogP contribution is -3.11. The molecule has 0 aliphatic heterocycles. The van der Waals surface area contributed by atoms with Crippen LogP contribution < -0.4 is 15.0 Å². The fraction of sp³-hybridized carbons (Fsp3) is 0.444. The molecule has 0 unspecified atom stereocenters. The maximum Gasteiger partial charge on any atom is 0.233 e. The van der Waals surface area contributed by atoms with E-state index in [0.717, 1.165) is 38.2 Å². The summed E-state index contributed by atoms with van der Waals surface area (Å²) < 4.78 is 11.1. The van der Waals surface area contributed by atoms with E-state index in [1.165, 1.54) is 0 Å². The monoisotopic (exact) mass is 329 g/mol. The molecule has 0 fully saturated rings. The standard InChI is InChI=1S/C18H24N4O2/c1-4-22(5-2)12-8-11-20-18-15(13-19)21-17(24-18)14-9-6-7-10-16(14)23-3/h6-7,9-10,20H,4-5,8,11-12H2,1-3H3/p+1. The van der Waals surface area contributed by atoms with Crippen LogP contribution in [0.15, 0.2) is 28.7 Å². The molecule has 0 radical (unpaired) electrons. The quantitative estimate of drug-likeness (QED) is 0.688. The van der Waals surface area contributed by atoms with Gasteiger partial charge in [-0.1, -0.05) is 12.1 Å². The molecule has 1 aromatic carbocycles. The van der Waals surface area contributed by atoms with Crippen LogP contribution in [0, 0.1) is 11.3 Å². The Bertz CT molecular complexity index is 687. The number of rotatable bonds is 9. The van der Waals surface area contributed by atoms with Crippen LogP contribution >= 0.6 is 0 Å². The number of anilines is 1. The van der Waals surface area contributed by atoms with Gasteiger partial charge in [0.15, 0.2) is 0 Å². The Morgan fingerprint density at radius 2 is 2.04 bits per heavy atom. The number of benzene rings is 1. The maximum atomic E-state index is 9.28. The van der Waals surface area contributed by atoms with Crippen LogP contribution in [0.5, 0.6) is 5.75 Å². The Morgan fingerprint density at radius 1 is 1.29 bits per heavy atom. The first-order valence-corrected chi connectivity index (χ1v) is 8.35. The van der Waals surface area contributed by atoms with E-state index in [0.29, 0.717) is 17.5 Å². The zero-order chi connectivity index (χ0) is 17.4. The van der Waals surface area contributed by atoms with Crippen LogP contribution in [0.25, 0.3) is 11.5 Å². The summed E-state index contributed by atoms with van der Waals surface area (Å²) in [5.41, 5.74) is 1.00. The Morgan fingerprint density at radius 3 is 2.71 bits per heavy atom. The molecule has 0 amide bonds. The van der Waals surface area contributed by atoms with Gasteiger partial charge in [-0.3, -0.25) is 0 Å². The van der Waals surface area contributed by atoms with Gasteiger partial charge in [0.25, 0.3) is 0 Å². The summed E-state index contributed by atoms with van der Waals surface area (Å²) in [6.45, 7) is 8.47. The summed E-state index contributed by atoms with van der Waals surface area (Å²) in [5, 5.41) is 12.5. The number of nitriles is 1. The number of quaternary nitrogens is 1. The molecule has 6 nitrogen and oxygen atoms in total. The van der Waals surface area contributed by atoms with Gasteiger partial charge in [0.1, 0.15) is 11.8 Å². The van der Waals surface area contributed by atoms with Gasteiger partial charge in [0.2, 0.25) is 17.5 Å². The molecule has 0 aliphatic carbocycles. The van der Waals surface area contributed by atoms with E-state index in [-0.39, 0.29) is 5.69 Å². The molecule has 2 rings (SSSR count). The summed E-state index contributed by atoms with van der Waals surface area (Å²) in [7, 11) is 1.60. The molecular weight excluding hydrogens is 304 g/mol. The van der Waals surface area contributed by atoms with Gasteiger partial charge >= 0.3 is 0 Å². The average Bonchev–Trinajstić information content (AvgIpc) is 3.05. The number of nitrogens with one attached hydrogen (secondary N) is 2. The third-order valence-corrected chi connectivity index (χ3v) is 4.06. The molecule has 24 heavy (non-hydrogen) atoms. The summed E-state index contributed by atoms with van der Waals surface area (Å²) in [6.07, 6.45) is 1.01. The maximum absolute atomic E-state index is 9.28. The summed E-state index contributed by atoms with van der Waals surface area (Å²) >= 11 is 0. The van der Waals surface area contributed by atoms with E-state index in [1.54, 1.807) is 12.0 Å². The lowest BCUT2D eigenvalue weighted by molar-refractivity contribution is -0.896. The van der Waals surface area contributed by atoms with E-state index in [1.807, 2.05) is 24.3 Å². The highest BCUT2D eigenvalue weighted by Gasteiger charge is 2.17. The first kappa shape index (κ1) is 17.8. The number of para-hydroxylation sites is 1. The van der Waals surface area contributed by atoms with E-state index in [4.69, 9.17) is 9.15 Å². The topological polar surface area (TPSA) is 75.5 Å². The van der Waals surface area contributed by atoms with Crippen LogP contribution in [-0.2, 0) is 0 Å². The molecule has 128 valence electrons. The van der Waals surface area contributed by atoms with Gasteiger partial charge in [-0.25, -0.2) is 0 Å². The fourth-order valence-corrected chi connectivity index (χ4v) is 2.60. The van der Waals surface area contributed by atoms with Crippen LogP contribution in [-0.4, -0.2) is 38.3 Å². The van der Waals surface area contributed by atoms with E-state index in [9.17, 15) is 5.26 Å². The average molecular weight is 329 g/mol.